The zero-order chi connectivity index (χ0) is 23.6. The van der Waals surface area contributed by atoms with Gasteiger partial charge in [0.25, 0.3) is 0 Å². The van der Waals surface area contributed by atoms with Crippen LogP contribution in [0.3, 0.4) is 0 Å². The van der Waals surface area contributed by atoms with Crippen LogP contribution < -0.4 is 9.47 Å². The second-order valence-electron chi connectivity index (χ2n) is 9.89. The van der Waals surface area contributed by atoms with Gasteiger partial charge in [0.2, 0.25) is 0 Å². The molecule has 2 heterocycles. The minimum atomic E-state index is -0.446. The van der Waals surface area contributed by atoms with Gasteiger partial charge in [-0.2, -0.15) is 0 Å². The van der Waals surface area contributed by atoms with Crippen LogP contribution in [0.15, 0.2) is 36.4 Å². The highest BCUT2D eigenvalue weighted by molar-refractivity contribution is 6.31. The third kappa shape index (κ3) is 5.61. The van der Waals surface area contributed by atoms with Crippen LogP contribution in [0, 0.1) is 5.82 Å². The van der Waals surface area contributed by atoms with E-state index in [9.17, 15) is 9.18 Å². The molecule has 0 unspecified atom stereocenters. The lowest BCUT2D eigenvalue weighted by molar-refractivity contribution is -0.155. The van der Waals surface area contributed by atoms with E-state index in [0.717, 1.165) is 31.7 Å². The Morgan fingerprint density at radius 1 is 1.21 bits per heavy atom. The third-order valence-electron chi connectivity index (χ3n) is 6.34. The first-order chi connectivity index (χ1) is 15.7. The van der Waals surface area contributed by atoms with Gasteiger partial charge in [0, 0.05) is 29.2 Å². The van der Waals surface area contributed by atoms with E-state index >= 15 is 0 Å². The summed E-state index contributed by atoms with van der Waals surface area (Å²) in [6, 6.07) is 10.5. The molecule has 0 aliphatic carbocycles. The number of nitrogens with zero attached hydrogens (tertiary/aromatic N) is 1. The average molecular weight is 476 g/mol. The molecule has 1 saturated heterocycles. The SMILES string of the molecule is CC(C)(C)OC(=O)CCN1CCC2(CC1)COc1cc(OCc3c(F)cccc3Cl)ccc12. The lowest BCUT2D eigenvalue weighted by atomic mass is 9.74. The number of fused-ring (bicyclic) bond motifs is 2. The molecular weight excluding hydrogens is 445 g/mol. The molecule has 7 heteroatoms. The van der Waals surface area contributed by atoms with Crippen LogP contribution in [-0.2, 0) is 21.6 Å². The number of hydrogen-bond acceptors (Lipinski definition) is 5. The maximum absolute atomic E-state index is 14.0. The number of carbonyl (C=O) groups is 1. The Balaban J connectivity index is 1.33. The van der Waals surface area contributed by atoms with Crippen molar-refractivity contribution in [2.24, 2.45) is 0 Å². The smallest absolute Gasteiger partial charge is 0.307 e. The van der Waals surface area contributed by atoms with Crippen LogP contribution >= 0.6 is 11.6 Å². The third-order valence-corrected chi connectivity index (χ3v) is 6.69. The number of piperidine rings is 1. The summed E-state index contributed by atoms with van der Waals surface area (Å²) in [4.78, 5) is 14.3. The Labute approximate surface area is 199 Å². The molecule has 0 saturated carbocycles. The van der Waals surface area contributed by atoms with Crippen molar-refractivity contribution in [3.8, 4) is 11.5 Å². The predicted octanol–water partition coefficient (Wildman–Crippen LogP) is 5.52. The molecule has 0 aromatic heterocycles. The monoisotopic (exact) mass is 475 g/mol. The van der Waals surface area contributed by atoms with Gasteiger partial charge in [0.15, 0.2) is 0 Å². The Morgan fingerprint density at radius 3 is 2.67 bits per heavy atom. The standard InChI is InChI=1S/C26H31ClFNO4/c1-25(2,3)33-24(30)9-12-29-13-10-26(11-14-29)17-32-23-15-18(7-8-20(23)26)31-16-19-21(27)5-4-6-22(19)28/h4-8,15H,9-14,16-17H2,1-3H3. The van der Waals surface area contributed by atoms with Gasteiger partial charge in [-0.15, -0.1) is 0 Å². The molecule has 2 aromatic carbocycles. The normalized spacial score (nSPS) is 17.5. The van der Waals surface area contributed by atoms with Crippen molar-refractivity contribution < 1.29 is 23.4 Å². The zero-order valence-electron chi connectivity index (χ0n) is 19.5. The fourth-order valence-electron chi connectivity index (χ4n) is 4.53. The molecule has 2 aliphatic rings. The summed E-state index contributed by atoms with van der Waals surface area (Å²) in [5, 5.41) is 0.352. The Morgan fingerprint density at radius 2 is 1.97 bits per heavy atom. The van der Waals surface area contributed by atoms with E-state index < -0.39 is 5.60 Å². The highest BCUT2D eigenvalue weighted by Gasteiger charge is 2.43. The molecule has 1 spiro atoms. The van der Waals surface area contributed by atoms with Crippen molar-refractivity contribution in [2.45, 2.75) is 57.7 Å². The van der Waals surface area contributed by atoms with E-state index in [1.54, 1.807) is 12.1 Å². The van der Waals surface area contributed by atoms with Crippen molar-refractivity contribution in [3.05, 3.63) is 58.4 Å². The highest BCUT2D eigenvalue weighted by Crippen LogP contribution is 2.46. The quantitative estimate of drug-likeness (QED) is 0.515. The van der Waals surface area contributed by atoms with Crippen molar-refractivity contribution in [1.29, 1.82) is 0 Å². The lowest BCUT2D eigenvalue weighted by Crippen LogP contribution is -2.44. The Hall–Kier alpha value is -2.31. The summed E-state index contributed by atoms with van der Waals surface area (Å²) in [5.41, 5.74) is 1.09. The van der Waals surface area contributed by atoms with Crippen molar-refractivity contribution in [3.63, 3.8) is 0 Å². The topological polar surface area (TPSA) is 48.0 Å². The van der Waals surface area contributed by atoms with Gasteiger partial charge in [-0.05, 0) is 64.9 Å². The maximum Gasteiger partial charge on any atom is 0.307 e. The summed E-state index contributed by atoms with van der Waals surface area (Å²) in [7, 11) is 0. The van der Waals surface area contributed by atoms with E-state index in [0.29, 0.717) is 35.9 Å². The van der Waals surface area contributed by atoms with Crippen LogP contribution in [0.5, 0.6) is 11.5 Å². The molecular formula is C26H31ClFNO4. The van der Waals surface area contributed by atoms with E-state index in [4.69, 9.17) is 25.8 Å². The van der Waals surface area contributed by atoms with Crippen LogP contribution in [0.4, 0.5) is 4.39 Å². The first-order valence-corrected chi connectivity index (χ1v) is 11.8. The Bertz CT molecular complexity index is 992. The number of benzene rings is 2. The molecule has 178 valence electrons. The summed E-state index contributed by atoms with van der Waals surface area (Å²) < 4.78 is 31.3. The molecule has 0 amide bonds. The number of likely N-dealkylation sites (tertiary alicyclic amines) is 1. The maximum atomic E-state index is 14.0. The summed E-state index contributed by atoms with van der Waals surface area (Å²) >= 11 is 6.09. The minimum absolute atomic E-state index is 0.00880. The van der Waals surface area contributed by atoms with Crippen LogP contribution in [0.25, 0.3) is 0 Å². The number of ether oxygens (including phenoxy) is 3. The van der Waals surface area contributed by atoms with Gasteiger partial charge in [0.05, 0.1) is 18.1 Å². The molecule has 33 heavy (non-hydrogen) atoms. The van der Waals surface area contributed by atoms with Gasteiger partial charge < -0.3 is 19.1 Å². The average Bonchev–Trinajstić information content (AvgIpc) is 3.09. The first-order valence-electron chi connectivity index (χ1n) is 11.4. The fraction of sp³-hybridized carbons (Fsp3) is 0.500. The number of halogens is 2. The van der Waals surface area contributed by atoms with E-state index in [1.165, 1.54) is 11.6 Å². The molecule has 5 nitrogen and oxygen atoms in total. The van der Waals surface area contributed by atoms with Crippen LogP contribution in [-0.4, -0.2) is 42.7 Å². The second kappa shape index (κ2) is 9.51. The van der Waals surface area contributed by atoms with Crippen molar-refractivity contribution >= 4 is 17.6 Å². The first kappa shape index (κ1) is 23.8. The molecule has 0 radical (unpaired) electrons. The fourth-order valence-corrected chi connectivity index (χ4v) is 4.75. The summed E-state index contributed by atoms with van der Waals surface area (Å²) in [6.07, 6.45) is 2.35. The van der Waals surface area contributed by atoms with Crippen LogP contribution in [0.1, 0.15) is 51.2 Å². The molecule has 0 bridgehead atoms. The Kier molecular flexibility index (Phi) is 6.87. The molecule has 2 aromatic rings. The van der Waals surface area contributed by atoms with E-state index in [-0.39, 0.29) is 23.8 Å². The number of rotatable bonds is 6. The molecule has 2 aliphatic heterocycles. The van der Waals surface area contributed by atoms with Gasteiger partial charge in [0.1, 0.15) is 29.5 Å². The van der Waals surface area contributed by atoms with Gasteiger partial charge >= 0.3 is 5.97 Å². The summed E-state index contributed by atoms with van der Waals surface area (Å²) in [6.45, 7) is 8.90. The van der Waals surface area contributed by atoms with Gasteiger partial charge in [-0.3, -0.25) is 4.79 Å². The zero-order valence-corrected chi connectivity index (χ0v) is 20.2. The van der Waals surface area contributed by atoms with E-state index in [2.05, 4.69) is 11.0 Å². The van der Waals surface area contributed by atoms with E-state index in [1.807, 2.05) is 32.9 Å². The number of hydrogen-bond donors (Lipinski definition) is 0. The largest absolute Gasteiger partial charge is 0.492 e. The number of esters is 1. The van der Waals surface area contributed by atoms with Crippen LogP contribution in [0.2, 0.25) is 5.02 Å². The van der Waals surface area contributed by atoms with Gasteiger partial charge in [-0.1, -0.05) is 23.7 Å². The molecule has 0 atom stereocenters. The predicted molar refractivity (Wildman–Crippen MR) is 125 cm³/mol. The van der Waals surface area contributed by atoms with Crippen molar-refractivity contribution in [1.82, 2.24) is 4.90 Å². The number of carbonyl (C=O) groups excluding carboxylic acids is 1. The van der Waals surface area contributed by atoms with Gasteiger partial charge in [-0.25, -0.2) is 4.39 Å². The lowest BCUT2D eigenvalue weighted by Gasteiger charge is -2.38. The van der Waals surface area contributed by atoms with Crippen molar-refractivity contribution in [2.75, 3.05) is 26.2 Å². The summed E-state index contributed by atoms with van der Waals surface area (Å²) in [5.74, 6) is 0.924. The molecule has 1 fully saturated rings. The second-order valence-corrected chi connectivity index (χ2v) is 10.3. The molecule has 4 rings (SSSR count). The highest BCUT2D eigenvalue weighted by atomic mass is 35.5. The minimum Gasteiger partial charge on any atom is -0.492 e. The molecule has 0 N–H and O–H groups in total.